The van der Waals surface area contributed by atoms with Crippen LogP contribution in [-0.2, 0) is 6.42 Å². The lowest BCUT2D eigenvalue weighted by atomic mass is 10.2. The average molecular weight is 324 g/mol. The minimum Gasteiger partial charge on any atom is -0.444 e. The van der Waals surface area contributed by atoms with Crippen molar-refractivity contribution in [3.8, 4) is 11.3 Å². The van der Waals surface area contributed by atoms with Crippen molar-refractivity contribution in [3.05, 3.63) is 60.7 Å². The highest BCUT2D eigenvalue weighted by Crippen LogP contribution is 2.20. The second-order valence-electron chi connectivity index (χ2n) is 4.93. The molecule has 116 valence electrons. The molecule has 0 spiro atoms. The lowest BCUT2D eigenvalue weighted by Crippen LogP contribution is -2.19. The number of anilines is 2. The molecule has 3 aromatic rings. The third-order valence-corrected chi connectivity index (χ3v) is 3.54. The summed E-state index contributed by atoms with van der Waals surface area (Å²) >= 11 is 5.32. The van der Waals surface area contributed by atoms with E-state index >= 15 is 0 Å². The van der Waals surface area contributed by atoms with Crippen LogP contribution < -0.4 is 10.6 Å². The first-order valence-electron chi connectivity index (χ1n) is 7.26. The van der Waals surface area contributed by atoms with Crippen molar-refractivity contribution in [1.82, 2.24) is 9.97 Å². The summed E-state index contributed by atoms with van der Waals surface area (Å²) in [4.78, 5) is 8.17. The van der Waals surface area contributed by atoms with Crippen LogP contribution in [0.25, 0.3) is 11.3 Å². The molecule has 0 aliphatic heterocycles. The van der Waals surface area contributed by atoms with E-state index in [9.17, 15) is 0 Å². The highest BCUT2D eigenvalue weighted by Gasteiger charge is 2.03. The number of nitrogens with zero attached hydrogens (tertiary/aromatic N) is 2. The molecule has 0 atom stereocenters. The van der Waals surface area contributed by atoms with Crippen molar-refractivity contribution < 1.29 is 4.42 Å². The topological polar surface area (TPSA) is 63.0 Å². The molecule has 1 aromatic carbocycles. The number of pyridine rings is 1. The maximum atomic E-state index is 5.32. The van der Waals surface area contributed by atoms with Gasteiger partial charge in [0, 0.05) is 17.4 Å². The number of aryl methyl sites for hydroxylation is 1. The van der Waals surface area contributed by atoms with Gasteiger partial charge in [-0.3, -0.25) is 0 Å². The minimum absolute atomic E-state index is 0.498. The summed E-state index contributed by atoms with van der Waals surface area (Å²) in [6.45, 7) is 2.10. The molecule has 0 radical (unpaired) electrons. The van der Waals surface area contributed by atoms with Gasteiger partial charge in [0.05, 0.1) is 6.20 Å². The van der Waals surface area contributed by atoms with Gasteiger partial charge in [-0.25, -0.2) is 9.97 Å². The quantitative estimate of drug-likeness (QED) is 0.704. The van der Waals surface area contributed by atoms with Gasteiger partial charge >= 0.3 is 0 Å². The number of oxazole rings is 1. The summed E-state index contributed by atoms with van der Waals surface area (Å²) in [7, 11) is 0. The summed E-state index contributed by atoms with van der Waals surface area (Å²) in [5.41, 5.74) is 3.06. The first kappa shape index (κ1) is 15.2. The fourth-order valence-electron chi connectivity index (χ4n) is 2.12. The van der Waals surface area contributed by atoms with Gasteiger partial charge in [0.2, 0.25) is 0 Å². The number of aromatic nitrogens is 2. The van der Waals surface area contributed by atoms with E-state index in [4.69, 9.17) is 16.6 Å². The van der Waals surface area contributed by atoms with E-state index in [0.29, 0.717) is 5.11 Å². The fourth-order valence-corrected chi connectivity index (χ4v) is 2.34. The predicted octanol–water partition coefficient (Wildman–Crippen LogP) is 4.11. The molecular weight excluding hydrogens is 308 g/mol. The van der Waals surface area contributed by atoms with Crippen LogP contribution in [0.15, 0.2) is 59.6 Å². The molecule has 6 heteroatoms. The van der Waals surface area contributed by atoms with Crippen LogP contribution in [0.2, 0.25) is 0 Å². The molecule has 0 fully saturated rings. The summed E-state index contributed by atoms with van der Waals surface area (Å²) in [5, 5.41) is 6.72. The van der Waals surface area contributed by atoms with Gasteiger partial charge < -0.3 is 15.1 Å². The standard InChI is InChI=1S/C17H16N4OS/c1-2-12-7-8-19-16(9-12)21-17(23)20-14-5-3-13(4-6-14)15-10-18-11-22-15/h3-11H,2H2,1H3,(H2,19,20,21,23). The maximum Gasteiger partial charge on any atom is 0.181 e. The number of nitrogens with one attached hydrogen (secondary N) is 2. The van der Waals surface area contributed by atoms with Gasteiger partial charge in [0.15, 0.2) is 17.3 Å². The monoisotopic (exact) mass is 324 g/mol. The van der Waals surface area contributed by atoms with Crippen LogP contribution in [-0.4, -0.2) is 15.1 Å². The molecule has 2 heterocycles. The van der Waals surface area contributed by atoms with Gasteiger partial charge in [-0.05, 0) is 60.6 Å². The van der Waals surface area contributed by atoms with Gasteiger partial charge in [0.25, 0.3) is 0 Å². The smallest absolute Gasteiger partial charge is 0.181 e. The number of hydrogen-bond acceptors (Lipinski definition) is 4. The number of thiocarbonyl (C=S) groups is 1. The number of rotatable bonds is 4. The van der Waals surface area contributed by atoms with E-state index in [1.807, 2.05) is 36.4 Å². The van der Waals surface area contributed by atoms with Gasteiger partial charge in [-0.1, -0.05) is 6.92 Å². The predicted molar refractivity (Wildman–Crippen MR) is 95.4 cm³/mol. The molecule has 0 amide bonds. The van der Waals surface area contributed by atoms with E-state index in [0.717, 1.165) is 29.2 Å². The van der Waals surface area contributed by atoms with Gasteiger partial charge in [0.1, 0.15) is 5.82 Å². The molecule has 0 aliphatic rings. The highest BCUT2D eigenvalue weighted by molar-refractivity contribution is 7.80. The van der Waals surface area contributed by atoms with Gasteiger partial charge in [-0.15, -0.1) is 0 Å². The fraction of sp³-hybridized carbons (Fsp3) is 0.118. The Hall–Kier alpha value is -2.73. The molecule has 0 saturated heterocycles. The Morgan fingerprint density at radius 2 is 2.00 bits per heavy atom. The largest absolute Gasteiger partial charge is 0.444 e. The second kappa shape index (κ2) is 7.02. The van der Waals surface area contributed by atoms with Gasteiger partial charge in [-0.2, -0.15) is 0 Å². The van der Waals surface area contributed by atoms with Crippen LogP contribution >= 0.6 is 12.2 Å². The molecule has 2 aromatic heterocycles. The van der Waals surface area contributed by atoms with Crippen LogP contribution in [0.4, 0.5) is 11.5 Å². The SMILES string of the molecule is CCc1ccnc(NC(=S)Nc2ccc(-c3cnco3)cc2)c1. The first-order chi connectivity index (χ1) is 11.2. The summed E-state index contributed by atoms with van der Waals surface area (Å²) in [6.07, 6.45) is 5.83. The first-order valence-corrected chi connectivity index (χ1v) is 7.67. The van der Waals surface area contributed by atoms with E-state index in [1.54, 1.807) is 12.4 Å². The Morgan fingerprint density at radius 3 is 2.70 bits per heavy atom. The van der Waals surface area contributed by atoms with Crippen molar-refractivity contribution in [3.63, 3.8) is 0 Å². The number of hydrogen-bond donors (Lipinski definition) is 2. The van der Waals surface area contributed by atoms with Crippen LogP contribution in [0.5, 0.6) is 0 Å². The number of benzene rings is 1. The Kier molecular flexibility index (Phi) is 4.63. The Bertz CT molecular complexity index is 785. The maximum absolute atomic E-state index is 5.32. The minimum atomic E-state index is 0.498. The molecule has 0 aliphatic carbocycles. The third-order valence-electron chi connectivity index (χ3n) is 3.33. The zero-order valence-electron chi connectivity index (χ0n) is 12.6. The highest BCUT2D eigenvalue weighted by atomic mass is 32.1. The van der Waals surface area contributed by atoms with E-state index in [1.165, 1.54) is 12.0 Å². The van der Waals surface area contributed by atoms with Crippen molar-refractivity contribution in [2.75, 3.05) is 10.6 Å². The zero-order chi connectivity index (χ0) is 16.1. The molecule has 23 heavy (non-hydrogen) atoms. The van der Waals surface area contributed by atoms with Crippen molar-refractivity contribution in [2.45, 2.75) is 13.3 Å². The normalized spacial score (nSPS) is 10.3. The third kappa shape index (κ3) is 3.92. The van der Waals surface area contributed by atoms with Crippen LogP contribution in [0.1, 0.15) is 12.5 Å². The Labute approximate surface area is 139 Å². The molecule has 0 unspecified atom stereocenters. The van der Waals surface area contributed by atoms with E-state index in [2.05, 4.69) is 27.5 Å². The lowest BCUT2D eigenvalue weighted by molar-refractivity contribution is 0.572. The summed E-state index contributed by atoms with van der Waals surface area (Å²) in [6, 6.07) is 11.7. The summed E-state index contributed by atoms with van der Waals surface area (Å²) < 4.78 is 5.26. The molecule has 0 saturated carbocycles. The van der Waals surface area contributed by atoms with E-state index < -0.39 is 0 Å². The van der Waals surface area contributed by atoms with Crippen molar-refractivity contribution in [1.29, 1.82) is 0 Å². The molecule has 5 nitrogen and oxygen atoms in total. The molecule has 2 N–H and O–H groups in total. The second-order valence-corrected chi connectivity index (χ2v) is 5.33. The zero-order valence-corrected chi connectivity index (χ0v) is 13.4. The summed E-state index contributed by atoms with van der Waals surface area (Å²) in [5.74, 6) is 1.47. The van der Waals surface area contributed by atoms with Crippen molar-refractivity contribution in [2.24, 2.45) is 0 Å². The molecule has 0 bridgehead atoms. The van der Waals surface area contributed by atoms with Crippen LogP contribution in [0.3, 0.4) is 0 Å². The van der Waals surface area contributed by atoms with Crippen LogP contribution in [0, 0.1) is 0 Å². The lowest BCUT2D eigenvalue weighted by Gasteiger charge is -2.10. The Balaban J connectivity index is 1.63. The molecular formula is C17H16N4OS. The van der Waals surface area contributed by atoms with E-state index in [-0.39, 0.29) is 0 Å². The molecule has 3 rings (SSSR count). The van der Waals surface area contributed by atoms with Crippen molar-refractivity contribution >= 4 is 28.8 Å². The average Bonchev–Trinajstić information content (AvgIpc) is 3.10. The Morgan fingerprint density at radius 1 is 1.17 bits per heavy atom.